The molecule has 0 aliphatic carbocycles. The largest absolute Gasteiger partial charge is 0.466 e. The molecule has 3 rings (SSSR count). The summed E-state index contributed by atoms with van der Waals surface area (Å²) in [6.07, 6.45) is 1.45. The maximum absolute atomic E-state index is 12.8. The van der Waals surface area contributed by atoms with Crippen molar-refractivity contribution in [2.75, 3.05) is 12.4 Å². The number of esters is 1. The number of rotatable bonds is 5. The Balaban J connectivity index is 1.98. The first-order valence-electron chi connectivity index (χ1n) is 8.62. The Morgan fingerprint density at radius 2 is 2.04 bits per heavy atom. The Bertz CT molecular complexity index is 1090. The highest BCUT2D eigenvalue weighted by Crippen LogP contribution is 2.27. The Hall–Kier alpha value is -3.06. The predicted octanol–water partition coefficient (Wildman–Crippen LogP) is 4.06. The lowest BCUT2D eigenvalue weighted by molar-refractivity contribution is 0.0600. The van der Waals surface area contributed by atoms with E-state index in [-0.39, 0.29) is 16.6 Å². The Labute approximate surface area is 166 Å². The van der Waals surface area contributed by atoms with Crippen LogP contribution in [-0.2, 0) is 4.74 Å². The average molecular weight is 402 g/mol. The smallest absolute Gasteiger partial charge is 0.340 e. The zero-order valence-electron chi connectivity index (χ0n) is 15.9. The molecule has 1 aromatic carbocycles. The van der Waals surface area contributed by atoms with E-state index in [1.165, 1.54) is 13.3 Å². The Morgan fingerprint density at radius 1 is 1.32 bits per heavy atom. The second-order valence-electron chi connectivity index (χ2n) is 6.33. The van der Waals surface area contributed by atoms with Crippen molar-refractivity contribution in [1.82, 2.24) is 9.78 Å². The van der Waals surface area contributed by atoms with E-state index in [9.17, 15) is 9.59 Å². The first kappa shape index (κ1) is 19.7. The summed E-state index contributed by atoms with van der Waals surface area (Å²) < 4.78 is 11.4. The lowest BCUT2D eigenvalue weighted by Gasteiger charge is -2.16. The summed E-state index contributed by atoms with van der Waals surface area (Å²) in [6.45, 7) is 5.69. The molecule has 0 fully saturated rings. The molecule has 2 heterocycles. The van der Waals surface area contributed by atoms with E-state index < -0.39 is 11.5 Å². The van der Waals surface area contributed by atoms with E-state index in [2.05, 4.69) is 10.4 Å². The fourth-order valence-electron chi connectivity index (χ4n) is 3.04. The van der Waals surface area contributed by atoms with Crippen LogP contribution in [0.25, 0.3) is 5.69 Å². The van der Waals surface area contributed by atoms with Crippen LogP contribution in [0, 0.1) is 13.8 Å². The molecule has 0 unspecified atom stereocenters. The van der Waals surface area contributed by atoms with Gasteiger partial charge in [-0.1, -0.05) is 23.7 Å². The van der Waals surface area contributed by atoms with Crippen LogP contribution in [0.3, 0.4) is 0 Å². The highest BCUT2D eigenvalue weighted by molar-refractivity contribution is 6.33. The van der Waals surface area contributed by atoms with Crippen molar-refractivity contribution >= 4 is 23.3 Å². The number of ether oxygens (including phenoxy) is 1. The zero-order chi connectivity index (χ0) is 20.4. The monoisotopic (exact) mass is 401 g/mol. The SMILES string of the molecule is COC(=O)c1ccccc1-n1ncc(N[C@@H](C)c2cc(C)oc2C)c(Cl)c1=O. The molecule has 1 atom stereocenters. The average Bonchev–Trinajstić information content (AvgIpc) is 3.03. The van der Waals surface area contributed by atoms with Gasteiger partial charge in [-0.2, -0.15) is 9.78 Å². The van der Waals surface area contributed by atoms with Crippen LogP contribution in [0.4, 0.5) is 5.69 Å². The van der Waals surface area contributed by atoms with Gasteiger partial charge in [-0.3, -0.25) is 4.79 Å². The van der Waals surface area contributed by atoms with E-state index in [1.54, 1.807) is 24.3 Å². The summed E-state index contributed by atoms with van der Waals surface area (Å²) in [5.41, 5.74) is 1.32. The second-order valence-corrected chi connectivity index (χ2v) is 6.71. The number of aromatic nitrogens is 2. The number of nitrogens with one attached hydrogen (secondary N) is 1. The van der Waals surface area contributed by atoms with Gasteiger partial charge in [0, 0.05) is 5.56 Å². The number of anilines is 1. The Kier molecular flexibility index (Phi) is 5.56. The van der Waals surface area contributed by atoms with Crippen LogP contribution in [0.2, 0.25) is 5.02 Å². The van der Waals surface area contributed by atoms with E-state index >= 15 is 0 Å². The van der Waals surface area contributed by atoms with Gasteiger partial charge in [0.2, 0.25) is 0 Å². The number of carbonyl (C=O) groups excluding carboxylic acids is 1. The molecule has 0 bridgehead atoms. The number of nitrogens with zero attached hydrogens (tertiary/aromatic N) is 2. The van der Waals surface area contributed by atoms with Crippen LogP contribution in [0.15, 0.2) is 45.7 Å². The van der Waals surface area contributed by atoms with Crippen LogP contribution in [0.5, 0.6) is 0 Å². The fraction of sp³-hybridized carbons (Fsp3) is 0.250. The summed E-state index contributed by atoms with van der Waals surface area (Å²) in [7, 11) is 1.27. The molecule has 7 nitrogen and oxygen atoms in total. The minimum atomic E-state index is -0.568. The van der Waals surface area contributed by atoms with Gasteiger partial charge in [-0.15, -0.1) is 0 Å². The third-order valence-corrected chi connectivity index (χ3v) is 4.74. The minimum absolute atomic E-state index is 0.0283. The second kappa shape index (κ2) is 7.90. The van der Waals surface area contributed by atoms with E-state index in [1.807, 2.05) is 26.8 Å². The van der Waals surface area contributed by atoms with Gasteiger partial charge < -0.3 is 14.5 Å². The van der Waals surface area contributed by atoms with Gasteiger partial charge in [0.15, 0.2) is 0 Å². The number of methoxy groups -OCH3 is 1. The highest BCUT2D eigenvalue weighted by Gasteiger charge is 2.19. The number of benzene rings is 1. The lowest BCUT2D eigenvalue weighted by atomic mass is 10.1. The van der Waals surface area contributed by atoms with Crippen LogP contribution in [0.1, 0.15) is 40.4 Å². The molecule has 1 N–H and O–H groups in total. The predicted molar refractivity (Wildman–Crippen MR) is 106 cm³/mol. The van der Waals surface area contributed by atoms with Gasteiger partial charge in [-0.05, 0) is 39.0 Å². The fourth-order valence-corrected chi connectivity index (χ4v) is 3.22. The molecule has 3 aromatic rings. The van der Waals surface area contributed by atoms with Crippen LogP contribution in [-0.4, -0.2) is 22.9 Å². The van der Waals surface area contributed by atoms with Crippen molar-refractivity contribution in [1.29, 1.82) is 0 Å². The molecule has 0 aliphatic rings. The van der Waals surface area contributed by atoms with Gasteiger partial charge in [0.25, 0.3) is 5.56 Å². The molecule has 0 radical (unpaired) electrons. The van der Waals surface area contributed by atoms with E-state index in [4.69, 9.17) is 20.8 Å². The lowest BCUT2D eigenvalue weighted by Crippen LogP contribution is -2.25. The summed E-state index contributed by atoms with van der Waals surface area (Å²) >= 11 is 6.32. The first-order chi connectivity index (χ1) is 13.3. The maximum atomic E-state index is 12.8. The van der Waals surface area contributed by atoms with Gasteiger partial charge >= 0.3 is 5.97 Å². The van der Waals surface area contributed by atoms with Crippen LogP contribution >= 0.6 is 11.6 Å². The molecule has 0 amide bonds. The molecule has 8 heteroatoms. The normalized spacial score (nSPS) is 11.9. The van der Waals surface area contributed by atoms with Crippen molar-refractivity contribution in [2.24, 2.45) is 0 Å². The molecule has 0 saturated heterocycles. The molecule has 2 aromatic heterocycles. The molecule has 28 heavy (non-hydrogen) atoms. The topological polar surface area (TPSA) is 86.4 Å². The molecular weight excluding hydrogens is 382 g/mol. The number of aryl methyl sites for hydroxylation is 2. The first-order valence-corrected chi connectivity index (χ1v) is 9.00. The van der Waals surface area contributed by atoms with E-state index in [0.29, 0.717) is 11.4 Å². The zero-order valence-corrected chi connectivity index (χ0v) is 16.7. The highest BCUT2D eigenvalue weighted by atomic mass is 35.5. The summed E-state index contributed by atoms with van der Waals surface area (Å²) in [4.78, 5) is 24.8. The van der Waals surface area contributed by atoms with Crippen molar-refractivity contribution in [3.8, 4) is 5.69 Å². The number of carbonyl (C=O) groups is 1. The molecule has 0 saturated carbocycles. The standard InChI is InChI=1S/C20H20ClN3O4/c1-11-9-15(13(3)28-11)12(2)23-16-10-22-24(19(25)18(16)21)17-8-6-5-7-14(17)20(26)27-4/h5-10,12,23H,1-4H3/t12-/m0/s1. The van der Waals surface area contributed by atoms with Crippen molar-refractivity contribution < 1.29 is 13.9 Å². The molecule has 0 aliphatic heterocycles. The van der Waals surface area contributed by atoms with E-state index in [0.717, 1.165) is 21.8 Å². The number of furan rings is 1. The van der Waals surface area contributed by atoms with Gasteiger partial charge in [0.1, 0.15) is 16.5 Å². The maximum Gasteiger partial charge on any atom is 0.340 e. The summed E-state index contributed by atoms with van der Waals surface area (Å²) in [5.74, 6) is 1.03. The van der Waals surface area contributed by atoms with Crippen molar-refractivity contribution in [3.63, 3.8) is 0 Å². The Morgan fingerprint density at radius 3 is 2.68 bits per heavy atom. The number of hydrogen-bond donors (Lipinski definition) is 1. The summed E-state index contributed by atoms with van der Waals surface area (Å²) in [6, 6.07) is 8.32. The number of halogens is 1. The van der Waals surface area contributed by atoms with Gasteiger partial charge in [0.05, 0.1) is 36.3 Å². The quantitative estimate of drug-likeness (QED) is 0.649. The molecular formula is C20H20ClN3O4. The van der Waals surface area contributed by atoms with Crippen molar-refractivity contribution in [3.05, 3.63) is 74.6 Å². The number of hydrogen-bond acceptors (Lipinski definition) is 6. The minimum Gasteiger partial charge on any atom is -0.466 e. The molecule has 146 valence electrons. The third-order valence-electron chi connectivity index (χ3n) is 4.37. The van der Waals surface area contributed by atoms with Crippen molar-refractivity contribution in [2.45, 2.75) is 26.8 Å². The van der Waals surface area contributed by atoms with Gasteiger partial charge in [-0.25, -0.2) is 4.79 Å². The van der Waals surface area contributed by atoms with Crippen LogP contribution < -0.4 is 10.9 Å². The third kappa shape index (κ3) is 3.66. The summed E-state index contributed by atoms with van der Waals surface area (Å²) in [5, 5.41) is 7.35. The number of para-hydroxylation sites is 1. The molecule has 0 spiro atoms.